The Balaban J connectivity index is 1.94. The summed E-state index contributed by atoms with van der Waals surface area (Å²) in [6.07, 6.45) is 0. The van der Waals surface area contributed by atoms with Crippen LogP contribution in [0.4, 0.5) is 5.69 Å². The van der Waals surface area contributed by atoms with Gasteiger partial charge >= 0.3 is 5.97 Å². The fraction of sp³-hybridized carbons (Fsp3) is 0.0455. The van der Waals surface area contributed by atoms with E-state index in [1.165, 1.54) is 18.2 Å². The number of carboxylic acids is 1. The van der Waals surface area contributed by atoms with Crippen molar-refractivity contribution < 1.29 is 14.6 Å². The Morgan fingerprint density at radius 2 is 1.64 bits per heavy atom. The van der Waals surface area contributed by atoms with Gasteiger partial charge in [0.2, 0.25) is 0 Å². The molecule has 0 saturated carbocycles. The minimum atomic E-state index is -1.04. The smallest absolute Gasteiger partial charge is 0.335 e. The molecule has 0 fully saturated rings. The molecule has 0 bridgehead atoms. The molecule has 3 aromatic carbocycles. The molecular weight excluding hydrogens is 397 g/mol. The number of ether oxygens (including phenoxy) is 1. The summed E-state index contributed by atoms with van der Waals surface area (Å²) >= 11 is 12.0. The molecule has 0 heterocycles. The van der Waals surface area contributed by atoms with Gasteiger partial charge < -0.3 is 15.6 Å². The van der Waals surface area contributed by atoms with Crippen molar-refractivity contribution >= 4 is 34.9 Å². The molecule has 3 aromatic rings. The number of rotatable bonds is 4. The predicted molar refractivity (Wildman–Crippen MR) is 111 cm³/mol. The quantitative estimate of drug-likeness (QED) is 0.453. The van der Waals surface area contributed by atoms with Crippen molar-refractivity contribution in [3.8, 4) is 17.6 Å². The highest BCUT2D eigenvalue weighted by Crippen LogP contribution is 2.27. The van der Waals surface area contributed by atoms with Crippen molar-refractivity contribution in [3.05, 3.63) is 93.0 Å². The molecule has 4 nitrogen and oxygen atoms in total. The third-order valence-corrected chi connectivity index (χ3v) is 4.61. The fourth-order valence-electron chi connectivity index (χ4n) is 2.42. The van der Waals surface area contributed by atoms with Crippen LogP contribution in [0.15, 0.2) is 60.7 Å². The zero-order chi connectivity index (χ0) is 20.1. The van der Waals surface area contributed by atoms with E-state index in [9.17, 15) is 9.90 Å². The minimum absolute atomic E-state index is 0.114. The Kier molecular flexibility index (Phi) is 6.10. The van der Waals surface area contributed by atoms with Crippen molar-refractivity contribution in [1.82, 2.24) is 0 Å². The lowest BCUT2D eigenvalue weighted by Gasteiger charge is -2.09. The monoisotopic (exact) mass is 411 g/mol. The first-order valence-corrected chi connectivity index (χ1v) is 9.00. The molecule has 0 aliphatic rings. The van der Waals surface area contributed by atoms with Crippen molar-refractivity contribution in [1.29, 1.82) is 0 Å². The Hall–Kier alpha value is -3.13. The van der Waals surface area contributed by atoms with Gasteiger partial charge in [-0.15, -0.1) is 0 Å². The summed E-state index contributed by atoms with van der Waals surface area (Å²) in [6.45, 7) is 0.285. The van der Waals surface area contributed by atoms with E-state index >= 15 is 0 Å². The number of hydrogen-bond acceptors (Lipinski definition) is 3. The van der Waals surface area contributed by atoms with E-state index in [0.29, 0.717) is 32.6 Å². The third-order valence-electron chi connectivity index (χ3n) is 3.89. The van der Waals surface area contributed by atoms with Crippen LogP contribution in [0.2, 0.25) is 10.0 Å². The highest BCUT2D eigenvalue weighted by atomic mass is 35.5. The SMILES string of the molecule is Nc1cc(Cl)c(Cl)cc1C#Cc1ccc(C(=O)O)cc1OCc1ccccc1. The summed E-state index contributed by atoms with van der Waals surface area (Å²) in [6, 6.07) is 17.2. The molecule has 0 aromatic heterocycles. The standard InChI is InChI=1S/C22H15Cl2NO3/c23-18-10-16(20(25)12-19(18)24)8-6-15-7-9-17(22(26)27)11-21(15)28-13-14-4-2-1-3-5-14/h1-5,7,9-12H,13,25H2,(H,26,27). The van der Waals surface area contributed by atoms with E-state index in [-0.39, 0.29) is 12.2 Å². The summed E-state index contributed by atoms with van der Waals surface area (Å²) in [4.78, 5) is 11.3. The average molecular weight is 412 g/mol. The zero-order valence-electron chi connectivity index (χ0n) is 14.6. The molecule has 0 aliphatic heterocycles. The molecule has 0 radical (unpaired) electrons. The first-order chi connectivity index (χ1) is 13.4. The second-order valence-electron chi connectivity index (χ2n) is 5.89. The maximum atomic E-state index is 11.3. The highest BCUT2D eigenvalue weighted by Gasteiger charge is 2.09. The van der Waals surface area contributed by atoms with E-state index in [1.807, 2.05) is 30.3 Å². The normalized spacial score (nSPS) is 10.1. The molecule has 0 saturated heterocycles. The Bertz CT molecular complexity index is 1090. The van der Waals surface area contributed by atoms with E-state index in [4.69, 9.17) is 33.7 Å². The van der Waals surface area contributed by atoms with Crippen molar-refractivity contribution in [2.75, 3.05) is 5.73 Å². The van der Waals surface area contributed by atoms with Crippen LogP contribution in [0.1, 0.15) is 27.0 Å². The zero-order valence-corrected chi connectivity index (χ0v) is 16.1. The van der Waals surface area contributed by atoms with Crippen molar-refractivity contribution in [2.24, 2.45) is 0 Å². The maximum absolute atomic E-state index is 11.3. The minimum Gasteiger partial charge on any atom is -0.488 e. The topological polar surface area (TPSA) is 72.6 Å². The molecule has 3 rings (SSSR count). The van der Waals surface area contributed by atoms with Gasteiger partial charge in [-0.3, -0.25) is 0 Å². The van der Waals surface area contributed by atoms with Gasteiger partial charge in [0.05, 0.1) is 21.2 Å². The van der Waals surface area contributed by atoms with Crippen LogP contribution < -0.4 is 10.5 Å². The molecule has 6 heteroatoms. The molecule has 0 spiro atoms. The van der Waals surface area contributed by atoms with Crippen LogP contribution >= 0.6 is 23.2 Å². The predicted octanol–water partition coefficient (Wildman–Crippen LogP) is 5.25. The second-order valence-corrected chi connectivity index (χ2v) is 6.71. The third kappa shape index (κ3) is 4.77. The number of nitrogens with two attached hydrogens (primary N) is 1. The summed E-state index contributed by atoms with van der Waals surface area (Å²) in [5.74, 6) is 5.24. The maximum Gasteiger partial charge on any atom is 0.335 e. The summed E-state index contributed by atoms with van der Waals surface area (Å²) in [7, 11) is 0. The number of hydrogen-bond donors (Lipinski definition) is 2. The van der Waals surface area contributed by atoms with E-state index in [0.717, 1.165) is 5.56 Å². The van der Waals surface area contributed by atoms with Gasteiger partial charge in [-0.2, -0.15) is 0 Å². The average Bonchev–Trinajstić information content (AvgIpc) is 2.69. The Morgan fingerprint density at radius 3 is 2.36 bits per heavy atom. The summed E-state index contributed by atoms with van der Waals surface area (Å²) < 4.78 is 5.83. The van der Waals surface area contributed by atoms with Crippen LogP contribution in [0.25, 0.3) is 0 Å². The van der Waals surface area contributed by atoms with Gasteiger partial charge in [0.1, 0.15) is 12.4 Å². The van der Waals surface area contributed by atoms with Crippen LogP contribution in [-0.2, 0) is 6.61 Å². The number of halogens is 2. The Morgan fingerprint density at radius 1 is 0.964 bits per heavy atom. The van der Waals surface area contributed by atoms with E-state index in [1.54, 1.807) is 12.1 Å². The molecular formula is C22H15Cl2NO3. The molecule has 0 unspecified atom stereocenters. The van der Waals surface area contributed by atoms with Gasteiger partial charge in [0.25, 0.3) is 0 Å². The first kappa shape index (κ1) is 19.6. The largest absolute Gasteiger partial charge is 0.488 e. The van der Waals surface area contributed by atoms with Crippen LogP contribution in [0, 0.1) is 11.8 Å². The molecule has 3 N–H and O–H groups in total. The lowest BCUT2D eigenvalue weighted by atomic mass is 10.1. The first-order valence-electron chi connectivity index (χ1n) is 8.24. The van der Waals surface area contributed by atoms with E-state index < -0.39 is 5.97 Å². The number of benzene rings is 3. The van der Waals surface area contributed by atoms with Gasteiger partial charge in [-0.25, -0.2) is 4.79 Å². The van der Waals surface area contributed by atoms with Gasteiger partial charge in [0.15, 0.2) is 0 Å². The molecule has 0 aliphatic carbocycles. The number of carboxylic acid groups (broad SMARTS) is 1. The molecule has 140 valence electrons. The van der Waals surface area contributed by atoms with Gasteiger partial charge in [-0.1, -0.05) is 65.4 Å². The lowest BCUT2D eigenvalue weighted by Crippen LogP contribution is -2.01. The number of nitrogen functional groups attached to an aromatic ring is 1. The van der Waals surface area contributed by atoms with Crippen LogP contribution in [0.5, 0.6) is 5.75 Å². The lowest BCUT2D eigenvalue weighted by molar-refractivity contribution is 0.0696. The van der Waals surface area contributed by atoms with E-state index in [2.05, 4.69) is 11.8 Å². The molecule has 28 heavy (non-hydrogen) atoms. The molecule has 0 atom stereocenters. The summed E-state index contributed by atoms with van der Waals surface area (Å²) in [5, 5.41) is 9.95. The Labute approximate surface area is 172 Å². The molecule has 0 amide bonds. The van der Waals surface area contributed by atoms with Gasteiger partial charge in [-0.05, 0) is 35.9 Å². The van der Waals surface area contributed by atoms with Crippen molar-refractivity contribution in [3.63, 3.8) is 0 Å². The fourth-order valence-corrected chi connectivity index (χ4v) is 2.75. The second kappa shape index (κ2) is 8.71. The highest BCUT2D eigenvalue weighted by molar-refractivity contribution is 6.42. The van der Waals surface area contributed by atoms with Crippen molar-refractivity contribution in [2.45, 2.75) is 6.61 Å². The van der Waals surface area contributed by atoms with Crippen LogP contribution in [0.3, 0.4) is 0 Å². The summed E-state index contributed by atoms with van der Waals surface area (Å²) in [5.41, 5.74) is 8.46. The van der Waals surface area contributed by atoms with Crippen LogP contribution in [-0.4, -0.2) is 11.1 Å². The number of carbonyl (C=O) groups is 1. The number of aromatic carboxylic acids is 1. The number of anilines is 1. The van der Waals surface area contributed by atoms with Gasteiger partial charge in [0, 0.05) is 11.3 Å².